The number of nitrogens with one attached hydrogen (secondary N) is 1. The Morgan fingerprint density at radius 1 is 1.23 bits per heavy atom. The van der Waals surface area contributed by atoms with Crippen LogP contribution in [0, 0.1) is 13.8 Å². The number of fused-ring (bicyclic) bond motifs is 1. The molecule has 136 valence electrons. The Balaban J connectivity index is 1.86. The standard InChI is InChI=1S/C18H19N3O4S/c1-10-9-26-18-19-11(2)16(17(23)21(10)18)20-15(22)8-12-5-6-13(24-3)14(7-12)25-4/h5-7,9H,8H2,1-4H3,(H,20,22). The van der Waals surface area contributed by atoms with Crippen LogP contribution >= 0.6 is 11.3 Å². The molecule has 0 aliphatic rings. The lowest BCUT2D eigenvalue weighted by molar-refractivity contribution is -0.115. The van der Waals surface area contributed by atoms with Gasteiger partial charge in [0, 0.05) is 11.1 Å². The summed E-state index contributed by atoms with van der Waals surface area (Å²) in [6.07, 6.45) is 0.102. The fourth-order valence-corrected chi connectivity index (χ4v) is 3.59. The lowest BCUT2D eigenvalue weighted by atomic mass is 10.1. The molecule has 0 atom stereocenters. The quantitative estimate of drug-likeness (QED) is 0.743. The predicted molar refractivity (Wildman–Crippen MR) is 101 cm³/mol. The summed E-state index contributed by atoms with van der Waals surface area (Å²) < 4.78 is 11.9. The molecule has 0 saturated heterocycles. The predicted octanol–water partition coefficient (Wildman–Crippen LogP) is 2.57. The van der Waals surface area contributed by atoms with E-state index in [0.29, 0.717) is 22.2 Å². The maximum absolute atomic E-state index is 12.7. The summed E-state index contributed by atoms with van der Waals surface area (Å²) in [4.78, 5) is 30.1. The van der Waals surface area contributed by atoms with Crippen LogP contribution in [-0.4, -0.2) is 29.5 Å². The minimum absolute atomic E-state index is 0.102. The summed E-state index contributed by atoms with van der Waals surface area (Å²) in [5.41, 5.74) is 1.97. The van der Waals surface area contributed by atoms with E-state index in [9.17, 15) is 9.59 Å². The molecule has 8 heteroatoms. The maximum Gasteiger partial charge on any atom is 0.282 e. The van der Waals surface area contributed by atoms with Crippen molar-refractivity contribution in [1.29, 1.82) is 0 Å². The van der Waals surface area contributed by atoms with Crippen molar-refractivity contribution < 1.29 is 14.3 Å². The molecule has 3 aromatic rings. The molecular weight excluding hydrogens is 354 g/mol. The molecule has 0 aliphatic heterocycles. The fourth-order valence-electron chi connectivity index (χ4n) is 2.69. The topological polar surface area (TPSA) is 81.9 Å². The van der Waals surface area contributed by atoms with Crippen molar-refractivity contribution in [3.8, 4) is 11.5 Å². The molecule has 2 heterocycles. The first-order chi connectivity index (χ1) is 12.4. The van der Waals surface area contributed by atoms with Crippen LogP contribution in [0.3, 0.4) is 0 Å². The van der Waals surface area contributed by atoms with Crippen LogP contribution < -0.4 is 20.3 Å². The van der Waals surface area contributed by atoms with Crippen molar-refractivity contribution in [2.24, 2.45) is 0 Å². The van der Waals surface area contributed by atoms with E-state index in [4.69, 9.17) is 9.47 Å². The van der Waals surface area contributed by atoms with Gasteiger partial charge in [0.2, 0.25) is 5.91 Å². The number of carbonyl (C=O) groups excluding carboxylic acids is 1. The molecule has 0 spiro atoms. The van der Waals surface area contributed by atoms with Crippen LogP contribution in [0.25, 0.3) is 4.96 Å². The number of aryl methyl sites for hydroxylation is 2. The number of methoxy groups -OCH3 is 2. The van der Waals surface area contributed by atoms with Gasteiger partial charge in [0.25, 0.3) is 5.56 Å². The minimum atomic E-state index is -0.299. The van der Waals surface area contributed by atoms with Gasteiger partial charge in [-0.1, -0.05) is 6.07 Å². The third kappa shape index (κ3) is 3.28. The van der Waals surface area contributed by atoms with Crippen LogP contribution in [0.15, 0.2) is 28.4 Å². The molecule has 0 aliphatic carbocycles. The third-order valence-electron chi connectivity index (χ3n) is 4.00. The van der Waals surface area contributed by atoms with Gasteiger partial charge >= 0.3 is 0 Å². The molecule has 26 heavy (non-hydrogen) atoms. The Bertz CT molecular complexity index is 1040. The summed E-state index contributed by atoms with van der Waals surface area (Å²) in [7, 11) is 3.09. The van der Waals surface area contributed by atoms with Gasteiger partial charge in [-0.25, -0.2) is 4.98 Å². The first-order valence-corrected chi connectivity index (χ1v) is 8.80. The number of ether oxygens (including phenoxy) is 2. The van der Waals surface area contributed by atoms with Gasteiger partial charge < -0.3 is 14.8 Å². The first kappa shape index (κ1) is 17.9. The highest BCUT2D eigenvalue weighted by Gasteiger charge is 2.16. The highest BCUT2D eigenvalue weighted by atomic mass is 32.1. The van der Waals surface area contributed by atoms with Crippen molar-refractivity contribution in [1.82, 2.24) is 9.38 Å². The molecule has 0 bridgehead atoms. The lowest BCUT2D eigenvalue weighted by Gasteiger charge is -2.11. The first-order valence-electron chi connectivity index (χ1n) is 7.92. The zero-order valence-electron chi connectivity index (χ0n) is 15.0. The van der Waals surface area contributed by atoms with Crippen molar-refractivity contribution in [3.63, 3.8) is 0 Å². The summed E-state index contributed by atoms with van der Waals surface area (Å²) in [5, 5.41) is 4.56. The summed E-state index contributed by atoms with van der Waals surface area (Å²) >= 11 is 1.39. The van der Waals surface area contributed by atoms with Gasteiger partial charge in [0.05, 0.1) is 26.3 Å². The summed E-state index contributed by atoms with van der Waals surface area (Å²) in [5.74, 6) is 0.839. The Hall–Kier alpha value is -2.87. The van der Waals surface area contributed by atoms with Crippen molar-refractivity contribution in [2.45, 2.75) is 20.3 Å². The van der Waals surface area contributed by atoms with Crippen molar-refractivity contribution in [2.75, 3.05) is 19.5 Å². The Labute approximate surface area is 154 Å². The SMILES string of the molecule is COc1ccc(CC(=O)Nc2c(C)nc3scc(C)n3c2=O)cc1OC. The Kier molecular flexibility index (Phi) is 4.94. The van der Waals surface area contributed by atoms with Gasteiger partial charge in [-0.15, -0.1) is 11.3 Å². The molecule has 1 N–H and O–H groups in total. The Morgan fingerprint density at radius 2 is 1.96 bits per heavy atom. The monoisotopic (exact) mass is 373 g/mol. The van der Waals surface area contributed by atoms with E-state index >= 15 is 0 Å². The number of carbonyl (C=O) groups is 1. The van der Waals surface area contributed by atoms with Crippen LogP contribution in [0.5, 0.6) is 11.5 Å². The zero-order valence-corrected chi connectivity index (χ0v) is 15.8. The van der Waals surface area contributed by atoms with Crippen LogP contribution in [0.1, 0.15) is 17.0 Å². The van der Waals surface area contributed by atoms with Crippen LogP contribution in [0.4, 0.5) is 5.69 Å². The molecule has 0 unspecified atom stereocenters. The average molecular weight is 373 g/mol. The number of rotatable bonds is 5. The normalized spacial score (nSPS) is 10.8. The summed E-state index contributed by atoms with van der Waals surface area (Å²) in [6.45, 7) is 3.54. The van der Waals surface area contributed by atoms with Crippen LogP contribution in [0.2, 0.25) is 0 Å². The number of anilines is 1. The smallest absolute Gasteiger partial charge is 0.282 e. The number of benzene rings is 1. The lowest BCUT2D eigenvalue weighted by Crippen LogP contribution is -2.25. The molecule has 3 rings (SSSR count). The molecule has 1 aromatic carbocycles. The molecule has 0 saturated carbocycles. The number of hydrogen-bond donors (Lipinski definition) is 1. The zero-order chi connectivity index (χ0) is 18.8. The highest BCUT2D eigenvalue weighted by Crippen LogP contribution is 2.27. The second kappa shape index (κ2) is 7.17. The molecule has 0 fully saturated rings. The fraction of sp³-hybridized carbons (Fsp3) is 0.278. The largest absolute Gasteiger partial charge is 0.493 e. The third-order valence-corrected chi connectivity index (χ3v) is 4.94. The number of aromatic nitrogens is 2. The highest BCUT2D eigenvalue weighted by molar-refractivity contribution is 7.15. The van der Waals surface area contributed by atoms with Gasteiger partial charge in [0.15, 0.2) is 16.5 Å². The molecule has 1 amide bonds. The van der Waals surface area contributed by atoms with E-state index in [2.05, 4.69) is 10.3 Å². The number of nitrogens with zero attached hydrogens (tertiary/aromatic N) is 2. The van der Waals surface area contributed by atoms with Crippen molar-refractivity contribution >= 4 is 27.9 Å². The number of hydrogen-bond acceptors (Lipinski definition) is 6. The van der Waals surface area contributed by atoms with E-state index in [-0.39, 0.29) is 23.6 Å². The van der Waals surface area contributed by atoms with E-state index in [1.54, 1.807) is 32.2 Å². The molecule has 7 nitrogen and oxygen atoms in total. The molecular formula is C18H19N3O4S. The summed E-state index contributed by atoms with van der Waals surface area (Å²) in [6, 6.07) is 5.26. The van der Waals surface area contributed by atoms with Crippen LogP contribution in [-0.2, 0) is 11.2 Å². The van der Waals surface area contributed by atoms with Crippen molar-refractivity contribution in [3.05, 3.63) is 50.9 Å². The van der Waals surface area contributed by atoms with E-state index < -0.39 is 0 Å². The molecule has 0 radical (unpaired) electrons. The van der Waals surface area contributed by atoms with Gasteiger partial charge in [-0.2, -0.15) is 0 Å². The minimum Gasteiger partial charge on any atom is -0.493 e. The number of thiazole rings is 1. The number of amides is 1. The Morgan fingerprint density at radius 3 is 2.65 bits per heavy atom. The van der Waals surface area contributed by atoms with Gasteiger partial charge in [0.1, 0.15) is 5.69 Å². The second-order valence-electron chi connectivity index (χ2n) is 5.79. The molecule has 2 aromatic heterocycles. The van der Waals surface area contributed by atoms with E-state index in [0.717, 1.165) is 11.3 Å². The second-order valence-corrected chi connectivity index (χ2v) is 6.62. The average Bonchev–Trinajstić information content (AvgIpc) is 2.99. The van der Waals surface area contributed by atoms with Gasteiger partial charge in [-0.05, 0) is 31.5 Å². The van der Waals surface area contributed by atoms with Gasteiger partial charge in [-0.3, -0.25) is 14.0 Å². The maximum atomic E-state index is 12.7. The van der Waals surface area contributed by atoms with E-state index in [1.807, 2.05) is 12.3 Å². The van der Waals surface area contributed by atoms with E-state index in [1.165, 1.54) is 22.8 Å².